The van der Waals surface area contributed by atoms with E-state index in [2.05, 4.69) is 38.4 Å². The van der Waals surface area contributed by atoms with Gasteiger partial charge in [0.05, 0.1) is 22.4 Å². The summed E-state index contributed by atoms with van der Waals surface area (Å²) in [6.07, 6.45) is 1.82. The summed E-state index contributed by atoms with van der Waals surface area (Å²) in [5.41, 5.74) is 4.04. The zero-order valence-electron chi connectivity index (χ0n) is 10.1. The van der Waals surface area contributed by atoms with Crippen molar-refractivity contribution in [3.05, 3.63) is 16.4 Å². The Kier molecular flexibility index (Phi) is 4.48. The van der Waals surface area contributed by atoms with Gasteiger partial charge >= 0.3 is 0 Å². The van der Waals surface area contributed by atoms with Crippen LogP contribution in [-0.2, 0) is 7.05 Å². The first-order valence-corrected chi connectivity index (χ1v) is 7.51. The molecule has 0 radical (unpaired) electrons. The van der Waals surface area contributed by atoms with Crippen LogP contribution in [0.25, 0.3) is 0 Å². The fraction of sp³-hybridized carbons (Fsp3) is 0.700. The highest BCUT2D eigenvalue weighted by atomic mass is 79.9. The molecule has 3 N–H and O–H groups in total. The number of rotatable bonds is 3. The van der Waals surface area contributed by atoms with Crippen LogP contribution < -0.4 is 11.3 Å². The third kappa shape index (κ3) is 2.68. The van der Waals surface area contributed by atoms with Gasteiger partial charge in [-0.2, -0.15) is 16.9 Å². The third-order valence-corrected chi connectivity index (χ3v) is 4.90. The van der Waals surface area contributed by atoms with E-state index in [0.717, 1.165) is 22.5 Å². The van der Waals surface area contributed by atoms with Gasteiger partial charge in [-0.1, -0.05) is 0 Å². The molecule has 2 heterocycles. The van der Waals surface area contributed by atoms with Crippen LogP contribution in [0, 0.1) is 0 Å². The van der Waals surface area contributed by atoms with Crippen LogP contribution in [0.15, 0.2) is 10.7 Å². The average molecular weight is 320 g/mol. The minimum absolute atomic E-state index is 0.0923. The summed E-state index contributed by atoms with van der Waals surface area (Å²) < 4.78 is 2.88. The smallest absolute Gasteiger partial charge is 0.0803 e. The van der Waals surface area contributed by atoms with Crippen LogP contribution in [0.1, 0.15) is 11.7 Å². The summed E-state index contributed by atoms with van der Waals surface area (Å²) in [4.78, 5) is 2.36. The highest BCUT2D eigenvalue weighted by molar-refractivity contribution is 9.10. The molecular formula is C10H18BrN5S. The summed E-state index contributed by atoms with van der Waals surface area (Å²) in [6.45, 7) is 1.10. The maximum absolute atomic E-state index is 5.75. The van der Waals surface area contributed by atoms with E-state index in [4.69, 9.17) is 5.84 Å². The van der Waals surface area contributed by atoms with E-state index in [9.17, 15) is 0 Å². The molecule has 7 heteroatoms. The SMILES string of the molecule is CN1CCSCC1C(NN)c1c(Br)cnn1C. The minimum Gasteiger partial charge on any atom is -0.300 e. The number of hydrazine groups is 1. The quantitative estimate of drug-likeness (QED) is 0.635. The third-order valence-electron chi connectivity index (χ3n) is 3.24. The van der Waals surface area contributed by atoms with Gasteiger partial charge in [0.15, 0.2) is 0 Å². The van der Waals surface area contributed by atoms with Crippen LogP contribution in [0.4, 0.5) is 0 Å². The Morgan fingerprint density at radius 2 is 2.41 bits per heavy atom. The van der Waals surface area contributed by atoms with Crippen molar-refractivity contribution in [3.63, 3.8) is 0 Å². The van der Waals surface area contributed by atoms with Crippen molar-refractivity contribution in [1.82, 2.24) is 20.1 Å². The Hall–Kier alpha value is -0.0800. The van der Waals surface area contributed by atoms with Gasteiger partial charge < -0.3 is 0 Å². The molecule has 0 aliphatic carbocycles. The molecule has 0 spiro atoms. The summed E-state index contributed by atoms with van der Waals surface area (Å²) in [7, 11) is 4.10. The van der Waals surface area contributed by atoms with E-state index in [-0.39, 0.29) is 6.04 Å². The van der Waals surface area contributed by atoms with Crippen LogP contribution in [0.3, 0.4) is 0 Å². The zero-order valence-corrected chi connectivity index (χ0v) is 12.5. The van der Waals surface area contributed by atoms with Crippen molar-refractivity contribution in [2.45, 2.75) is 12.1 Å². The second-order valence-corrected chi connectivity index (χ2v) is 6.27. The summed E-state index contributed by atoms with van der Waals surface area (Å²) in [6, 6.07) is 0.486. The van der Waals surface area contributed by atoms with Crippen LogP contribution in [0.5, 0.6) is 0 Å². The molecule has 2 atom stereocenters. The lowest BCUT2D eigenvalue weighted by molar-refractivity contribution is 0.211. The number of aromatic nitrogens is 2. The molecule has 2 unspecified atom stereocenters. The Labute approximate surface area is 114 Å². The summed E-state index contributed by atoms with van der Waals surface area (Å²) in [5.74, 6) is 8.02. The standard InChI is InChI=1S/C10H18BrN5S/c1-15-3-4-17-6-8(15)9(14-12)10-7(11)5-13-16(10)2/h5,8-9,14H,3-4,6,12H2,1-2H3. The molecule has 0 amide bonds. The normalized spacial score (nSPS) is 23.9. The molecule has 1 saturated heterocycles. The first-order valence-electron chi connectivity index (χ1n) is 5.56. The van der Waals surface area contributed by atoms with E-state index in [1.807, 2.05) is 29.7 Å². The van der Waals surface area contributed by atoms with Crippen molar-refractivity contribution in [2.24, 2.45) is 12.9 Å². The topological polar surface area (TPSA) is 59.1 Å². The molecule has 96 valence electrons. The Morgan fingerprint density at radius 3 is 2.94 bits per heavy atom. The molecule has 1 aliphatic rings. The van der Waals surface area contributed by atoms with Crippen LogP contribution >= 0.6 is 27.7 Å². The predicted molar refractivity (Wildman–Crippen MR) is 74.7 cm³/mol. The molecule has 0 aromatic carbocycles. The van der Waals surface area contributed by atoms with Gasteiger partial charge in [-0.05, 0) is 23.0 Å². The highest BCUT2D eigenvalue weighted by Gasteiger charge is 2.31. The zero-order chi connectivity index (χ0) is 12.4. The molecule has 1 fully saturated rings. The largest absolute Gasteiger partial charge is 0.300 e. The fourth-order valence-corrected chi connectivity index (χ4v) is 4.07. The second kappa shape index (κ2) is 5.71. The maximum Gasteiger partial charge on any atom is 0.0803 e. The monoisotopic (exact) mass is 319 g/mol. The number of hydrogen-bond acceptors (Lipinski definition) is 5. The number of nitrogens with two attached hydrogens (primary N) is 1. The molecule has 5 nitrogen and oxygen atoms in total. The molecule has 1 aromatic rings. The van der Waals surface area contributed by atoms with Crippen molar-refractivity contribution in [2.75, 3.05) is 25.1 Å². The van der Waals surface area contributed by atoms with Gasteiger partial charge in [-0.3, -0.25) is 15.4 Å². The highest BCUT2D eigenvalue weighted by Crippen LogP contribution is 2.30. The molecule has 1 aromatic heterocycles. The lowest BCUT2D eigenvalue weighted by Crippen LogP contribution is -2.50. The van der Waals surface area contributed by atoms with E-state index in [1.165, 1.54) is 5.75 Å². The van der Waals surface area contributed by atoms with E-state index in [1.54, 1.807) is 0 Å². The van der Waals surface area contributed by atoms with Crippen molar-refractivity contribution in [1.29, 1.82) is 0 Å². The van der Waals surface area contributed by atoms with Crippen LogP contribution in [-0.4, -0.2) is 45.8 Å². The molecule has 0 saturated carbocycles. The fourth-order valence-electron chi connectivity index (χ4n) is 2.20. The van der Waals surface area contributed by atoms with Gasteiger partial charge in [0.2, 0.25) is 0 Å². The predicted octanol–water partition coefficient (Wildman–Crippen LogP) is 0.734. The summed E-state index contributed by atoms with van der Waals surface area (Å²) >= 11 is 5.52. The lowest BCUT2D eigenvalue weighted by Gasteiger charge is -2.37. The molecular weight excluding hydrogens is 302 g/mol. The first kappa shape index (κ1) is 13.4. The number of hydrogen-bond donors (Lipinski definition) is 2. The molecule has 2 rings (SSSR count). The van der Waals surface area contributed by atoms with E-state index in [0.29, 0.717) is 6.04 Å². The number of aryl methyl sites for hydroxylation is 1. The summed E-state index contributed by atoms with van der Waals surface area (Å²) in [5, 5.41) is 4.25. The van der Waals surface area contributed by atoms with Crippen molar-refractivity contribution in [3.8, 4) is 0 Å². The number of nitrogens with zero attached hydrogens (tertiary/aromatic N) is 3. The minimum atomic E-state index is 0.0923. The lowest BCUT2D eigenvalue weighted by atomic mass is 10.1. The van der Waals surface area contributed by atoms with Crippen LogP contribution in [0.2, 0.25) is 0 Å². The van der Waals surface area contributed by atoms with Gasteiger partial charge in [-0.15, -0.1) is 0 Å². The molecule has 17 heavy (non-hydrogen) atoms. The average Bonchev–Trinajstić information content (AvgIpc) is 2.64. The maximum atomic E-state index is 5.75. The Bertz CT molecular complexity index is 363. The number of halogens is 1. The Balaban J connectivity index is 2.26. The molecule has 1 aliphatic heterocycles. The van der Waals surface area contributed by atoms with E-state index >= 15 is 0 Å². The number of likely N-dealkylation sites (N-methyl/N-ethyl adjacent to an activating group) is 1. The van der Waals surface area contributed by atoms with Gasteiger partial charge in [0.1, 0.15) is 0 Å². The second-order valence-electron chi connectivity index (χ2n) is 4.27. The van der Waals surface area contributed by atoms with Gasteiger partial charge in [0.25, 0.3) is 0 Å². The van der Waals surface area contributed by atoms with Crippen molar-refractivity contribution < 1.29 is 0 Å². The first-order chi connectivity index (χ1) is 8.15. The number of thioether (sulfide) groups is 1. The van der Waals surface area contributed by atoms with E-state index < -0.39 is 0 Å². The molecule has 0 bridgehead atoms. The number of nitrogens with one attached hydrogen (secondary N) is 1. The van der Waals surface area contributed by atoms with Gasteiger partial charge in [0, 0.05) is 31.1 Å². The Morgan fingerprint density at radius 1 is 1.65 bits per heavy atom. The van der Waals surface area contributed by atoms with Crippen molar-refractivity contribution >= 4 is 27.7 Å². The van der Waals surface area contributed by atoms with Gasteiger partial charge in [-0.25, -0.2) is 5.43 Å².